The third kappa shape index (κ3) is 2.84. The monoisotopic (exact) mass is 270 g/mol. The van der Waals surface area contributed by atoms with Gasteiger partial charge in [-0.15, -0.1) is 0 Å². The Morgan fingerprint density at radius 2 is 2.00 bits per heavy atom. The van der Waals surface area contributed by atoms with E-state index in [0.29, 0.717) is 18.6 Å². The third-order valence-corrected chi connectivity index (χ3v) is 4.33. The van der Waals surface area contributed by atoms with Crippen molar-refractivity contribution in [2.75, 3.05) is 6.54 Å². The number of hydrogen-bond donors (Lipinski definition) is 1. The molecule has 2 atom stereocenters. The first-order valence-electron chi connectivity index (χ1n) is 7.53. The highest BCUT2D eigenvalue weighted by atomic mass is 16.5. The highest BCUT2D eigenvalue weighted by Gasteiger charge is 2.24. The number of para-hydroxylation sites is 1. The lowest BCUT2D eigenvalue weighted by atomic mass is 9.86. The van der Waals surface area contributed by atoms with Crippen molar-refractivity contribution in [1.82, 2.24) is 4.98 Å². The van der Waals surface area contributed by atoms with E-state index in [4.69, 9.17) is 10.5 Å². The van der Waals surface area contributed by atoms with E-state index >= 15 is 0 Å². The van der Waals surface area contributed by atoms with E-state index in [2.05, 4.69) is 23.2 Å². The van der Waals surface area contributed by atoms with Gasteiger partial charge < -0.3 is 10.5 Å². The molecule has 0 saturated heterocycles. The van der Waals surface area contributed by atoms with Crippen LogP contribution in [0.3, 0.4) is 0 Å². The summed E-state index contributed by atoms with van der Waals surface area (Å²) in [7, 11) is 0. The number of nitrogens with two attached hydrogens (primary N) is 1. The molecule has 3 heteroatoms. The van der Waals surface area contributed by atoms with Crippen LogP contribution in [0.5, 0.6) is 0 Å². The minimum absolute atomic E-state index is 0.320. The molecule has 1 aromatic heterocycles. The predicted octanol–water partition coefficient (Wildman–Crippen LogP) is 3.27. The van der Waals surface area contributed by atoms with Gasteiger partial charge in [0.1, 0.15) is 0 Å². The fourth-order valence-electron chi connectivity index (χ4n) is 3.14. The minimum Gasteiger partial charge on any atom is -0.373 e. The van der Waals surface area contributed by atoms with Crippen molar-refractivity contribution < 1.29 is 4.74 Å². The van der Waals surface area contributed by atoms with Gasteiger partial charge in [0, 0.05) is 11.6 Å². The summed E-state index contributed by atoms with van der Waals surface area (Å²) < 4.78 is 6.17. The Morgan fingerprint density at radius 1 is 1.15 bits per heavy atom. The molecule has 2 N–H and O–H groups in total. The van der Waals surface area contributed by atoms with E-state index in [9.17, 15) is 0 Å². The number of benzene rings is 1. The van der Waals surface area contributed by atoms with Gasteiger partial charge in [-0.2, -0.15) is 0 Å². The summed E-state index contributed by atoms with van der Waals surface area (Å²) in [5.74, 6) is 0.525. The van der Waals surface area contributed by atoms with Gasteiger partial charge in [0.2, 0.25) is 0 Å². The quantitative estimate of drug-likeness (QED) is 0.927. The van der Waals surface area contributed by atoms with Crippen molar-refractivity contribution in [2.24, 2.45) is 11.7 Å². The Balaban J connectivity index is 1.73. The molecule has 106 valence electrons. The van der Waals surface area contributed by atoms with Crippen molar-refractivity contribution in [3.05, 3.63) is 42.1 Å². The summed E-state index contributed by atoms with van der Waals surface area (Å²) in [6.07, 6.45) is 7.09. The van der Waals surface area contributed by atoms with Gasteiger partial charge >= 0.3 is 0 Å². The maximum absolute atomic E-state index is 6.17. The Kier molecular flexibility index (Phi) is 4.28. The zero-order chi connectivity index (χ0) is 13.8. The van der Waals surface area contributed by atoms with Crippen molar-refractivity contribution in [1.29, 1.82) is 0 Å². The number of pyridine rings is 1. The molecule has 1 aliphatic rings. The highest BCUT2D eigenvalue weighted by Crippen LogP contribution is 2.27. The number of aromatic nitrogens is 1. The zero-order valence-electron chi connectivity index (χ0n) is 11.8. The van der Waals surface area contributed by atoms with Crippen molar-refractivity contribution >= 4 is 10.9 Å². The molecule has 3 rings (SSSR count). The van der Waals surface area contributed by atoms with Crippen LogP contribution < -0.4 is 5.73 Å². The molecule has 0 amide bonds. The maximum Gasteiger partial charge on any atom is 0.0727 e. The summed E-state index contributed by atoms with van der Waals surface area (Å²) in [5, 5.41) is 1.19. The van der Waals surface area contributed by atoms with Gasteiger partial charge in [-0.05, 0) is 43.0 Å². The third-order valence-electron chi connectivity index (χ3n) is 4.33. The molecule has 0 spiro atoms. The standard InChI is InChI=1S/C17H22N2O/c18-11-13-5-1-4-8-17(13)20-12-14-9-10-19-16-7-3-2-6-15(14)16/h2-3,6-7,9-10,13,17H,1,4-5,8,11-12,18H2. The van der Waals surface area contributed by atoms with Crippen LogP contribution >= 0.6 is 0 Å². The number of ether oxygens (including phenoxy) is 1. The van der Waals surface area contributed by atoms with Crippen LogP contribution in [0, 0.1) is 5.92 Å². The van der Waals surface area contributed by atoms with E-state index < -0.39 is 0 Å². The second-order valence-electron chi connectivity index (χ2n) is 5.62. The summed E-state index contributed by atoms with van der Waals surface area (Å²) in [5.41, 5.74) is 8.12. The lowest BCUT2D eigenvalue weighted by molar-refractivity contribution is -0.0178. The highest BCUT2D eigenvalue weighted by molar-refractivity contribution is 5.81. The fraction of sp³-hybridized carbons (Fsp3) is 0.471. The lowest BCUT2D eigenvalue weighted by Gasteiger charge is -2.30. The Hall–Kier alpha value is -1.45. The lowest BCUT2D eigenvalue weighted by Crippen LogP contribution is -2.33. The minimum atomic E-state index is 0.320. The van der Waals surface area contributed by atoms with E-state index in [0.717, 1.165) is 18.5 Å². The van der Waals surface area contributed by atoms with Crippen molar-refractivity contribution in [3.63, 3.8) is 0 Å². The van der Waals surface area contributed by atoms with Gasteiger partial charge in [0.25, 0.3) is 0 Å². The topological polar surface area (TPSA) is 48.1 Å². The second-order valence-corrected chi connectivity index (χ2v) is 5.62. The molecular weight excluding hydrogens is 248 g/mol. The van der Waals surface area contributed by atoms with Crippen LogP contribution in [0.2, 0.25) is 0 Å². The SMILES string of the molecule is NCC1CCCCC1OCc1ccnc2ccccc12. The molecule has 0 aliphatic heterocycles. The van der Waals surface area contributed by atoms with Crippen LogP contribution in [-0.2, 0) is 11.3 Å². The first kappa shape index (κ1) is 13.5. The average Bonchev–Trinajstić information content (AvgIpc) is 2.53. The molecule has 1 fully saturated rings. The summed E-state index contributed by atoms with van der Waals surface area (Å²) in [4.78, 5) is 4.39. The molecule has 20 heavy (non-hydrogen) atoms. The van der Waals surface area contributed by atoms with Gasteiger partial charge in [-0.3, -0.25) is 4.98 Å². The summed E-state index contributed by atoms with van der Waals surface area (Å²) in [6.45, 7) is 1.39. The van der Waals surface area contributed by atoms with Crippen molar-refractivity contribution in [3.8, 4) is 0 Å². The molecule has 0 radical (unpaired) electrons. The van der Waals surface area contributed by atoms with Gasteiger partial charge in [-0.1, -0.05) is 31.0 Å². The number of hydrogen-bond acceptors (Lipinski definition) is 3. The smallest absolute Gasteiger partial charge is 0.0727 e. The van der Waals surface area contributed by atoms with Crippen LogP contribution in [0.25, 0.3) is 10.9 Å². The molecular formula is C17H22N2O. The predicted molar refractivity (Wildman–Crippen MR) is 81.3 cm³/mol. The Labute approximate surface area is 120 Å². The van der Waals surface area contributed by atoms with Crippen LogP contribution in [-0.4, -0.2) is 17.6 Å². The second kappa shape index (κ2) is 6.33. The van der Waals surface area contributed by atoms with Crippen LogP contribution in [0.4, 0.5) is 0 Å². The van der Waals surface area contributed by atoms with Gasteiger partial charge in [0.05, 0.1) is 18.2 Å². The molecule has 1 aromatic carbocycles. The molecule has 1 aliphatic carbocycles. The number of rotatable bonds is 4. The van der Waals surface area contributed by atoms with Crippen molar-refractivity contribution in [2.45, 2.75) is 38.4 Å². The maximum atomic E-state index is 6.17. The largest absolute Gasteiger partial charge is 0.373 e. The zero-order valence-corrected chi connectivity index (χ0v) is 11.8. The van der Waals surface area contributed by atoms with E-state index in [1.54, 1.807) is 0 Å². The molecule has 1 saturated carbocycles. The number of nitrogens with zero attached hydrogens (tertiary/aromatic N) is 1. The molecule has 0 bridgehead atoms. The summed E-state index contributed by atoms with van der Waals surface area (Å²) in [6, 6.07) is 10.3. The number of fused-ring (bicyclic) bond motifs is 1. The molecule has 1 heterocycles. The normalized spacial score (nSPS) is 23.1. The van der Waals surface area contributed by atoms with E-state index in [-0.39, 0.29) is 0 Å². The van der Waals surface area contributed by atoms with Gasteiger partial charge in [-0.25, -0.2) is 0 Å². The Bertz CT molecular complexity index is 564. The van der Waals surface area contributed by atoms with Crippen LogP contribution in [0.1, 0.15) is 31.2 Å². The van der Waals surface area contributed by atoms with Gasteiger partial charge in [0.15, 0.2) is 0 Å². The Morgan fingerprint density at radius 3 is 2.90 bits per heavy atom. The first-order chi connectivity index (χ1) is 9.88. The van der Waals surface area contributed by atoms with Crippen LogP contribution in [0.15, 0.2) is 36.5 Å². The summed E-state index contributed by atoms with van der Waals surface area (Å²) >= 11 is 0. The fourth-order valence-corrected chi connectivity index (χ4v) is 3.14. The molecule has 2 unspecified atom stereocenters. The first-order valence-corrected chi connectivity index (χ1v) is 7.53. The van der Waals surface area contributed by atoms with E-state index in [1.807, 2.05) is 18.3 Å². The molecule has 3 nitrogen and oxygen atoms in total. The average molecular weight is 270 g/mol. The molecule has 2 aromatic rings. The van der Waals surface area contributed by atoms with E-state index in [1.165, 1.54) is 30.2 Å².